The van der Waals surface area contributed by atoms with Crippen molar-refractivity contribution < 1.29 is 39.0 Å². The number of carbonyl (C=O) groups excluding carboxylic acids is 5. The third-order valence-electron chi connectivity index (χ3n) is 9.86. The molecule has 53 heavy (non-hydrogen) atoms. The number of aliphatic carboxylic acids is 1. The number of benzene rings is 2. The Kier molecular flexibility index (Phi) is 14.4. The molecule has 0 unspecified atom stereocenters. The molecule has 14 heteroatoms. The topological polar surface area (TPSA) is 211 Å². The van der Waals surface area contributed by atoms with Crippen molar-refractivity contribution in [3.8, 4) is 5.75 Å². The maximum Gasteiger partial charge on any atom is 0.326 e. The van der Waals surface area contributed by atoms with E-state index in [1.807, 2.05) is 44.2 Å². The molecule has 6 atom stereocenters. The highest BCUT2D eigenvalue weighted by Crippen LogP contribution is 2.23. The maximum absolute atomic E-state index is 13.9. The molecule has 2 heterocycles. The highest BCUT2D eigenvalue weighted by molar-refractivity contribution is 5.97. The number of nitrogens with one attached hydrogen (secondary N) is 3. The molecule has 0 aliphatic carbocycles. The number of hydrogen-bond donors (Lipinski definition) is 6. The Morgan fingerprint density at radius 3 is 1.91 bits per heavy atom. The van der Waals surface area contributed by atoms with Crippen LogP contribution in [0.15, 0.2) is 54.6 Å². The van der Waals surface area contributed by atoms with Gasteiger partial charge >= 0.3 is 5.97 Å². The van der Waals surface area contributed by atoms with Crippen LogP contribution in [0.5, 0.6) is 5.75 Å². The van der Waals surface area contributed by atoms with Crippen LogP contribution >= 0.6 is 0 Å². The standard InChI is InChI=1S/C39H54N6O8/c1-23(2)20-29(35(48)42-30(22-25-10-6-5-7-11-25)37(50)45-19-9-13-32(45)39(52)53)41-36(49)31-12-8-18-44(31)38(51)33(24(3)4)43-34(47)28(40)21-26-14-16-27(46)17-15-26/h5-7,10-11,14-17,23-24,28-33,46H,8-9,12-13,18-22,40H2,1-4H3,(H,41,49)(H,42,48)(H,43,47)(H,52,53)/t28-,29-,30-,31-,32+,33-/m0/s1. The predicted octanol–water partition coefficient (Wildman–Crippen LogP) is 1.73. The summed E-state index contributed by atoms with van der Waals surface area (Å²) in [4.78, 5) is 83.4. The van der Waals surface area contributed by atoms with E-state index in [1.54, 1.807) is 26.0 Å². The number of nitrogens with two attached hydrogens (primary N) is 1. The first-order valence-corrected chi connectivity index (χ1v) is 18.5. The lowest BCUT2D eigenvalue weighted by Gasteiger charge is -2.32. The summed E-state index contributed by atoms with van der Waals surface area (Å²) in [5.74, 6) is -3.93. The molecule has 0 spiro atoms. The predicted molar refractivity (Wildman–Crippen MR) is 197 cm³/mol. The zero-order chi connectivity index (χ0) is 38.8. The minimum Gasteiger partial charge on any atom is -0.508 e. The summed E-state index contributed by atoms with van der Waals surface area (Å²) < 4.78 is 0. The number of phenolic OH excluding ortho intramolecular Hbond substituents is 1. The van der Waals surface area contributed by atoms with Crippen LogP contribution in [0.1, 0.15) is 70.9 Å². The van der Waals surface area contributed by atoms with Crippen molar-refractivity contribution >= 4 is 35.5 Å². The van der Waals surface area contributed by atoms with E-state index in [-0.39, 0.29) is 49.9 Å². The average molecular weight is 735 g/mol. The number of phenols is 1. The zero-order valence-electron chi connectivity index (χ0n) is 31.0. The van der Waals surface area contributed by atoms with E-state index in [0.29, 0.717) is 25.7 Å². The molecule has 2 fully saturated rings. The van der Waals surface area contributed by atoms with Crippen LogP contribution in [0.25, 0.3) is 0 Å². The summed E-state index contributed by atoms with van der Waals surface area (Å²) in [6, 6.07) is 9.52. The van der Waals surface area contributed by atoms with Gasteiger partial charge in [-0.1, -0.05) is 70.2 Å². The Morgan fingerprint density at radius 1 is 0.736 bits per heavy atom. The van der Waals surface area contributed by atoms with Gasteiger partial charge in [-0.25, -0.2) is 4.79 Å². The monoisotopic (exact) mass is 734 g/mol. The lowest BCUT2D eigenvalue weighted by Crippen LogP contribution is -2.60. The molecule has 4 rings (SSSR count). The maximum atomic E-state index is 13.9. The number of likely N-dealkylation sites (tertiary alicyclic amines) is 2. The first-order chi connectivity index (χ1) is 25.2. The summed E-state index contributed by atoms with van der Waals surface area (Å²) in [5.41, 5.74) is 7.70. The van der Waals surface area contributed by atoms with Crippen molar-refractivity contribution in [1.29, 1.82) is 0 Å². The summed E-state index contributed by atoms with van der Waals surface area (Å²) >= 11 is 0. The van der Waals surface area contributed by atoms with Crippen LogP contribution in [0, 0.1) is 11.8 Å². The van der Waals surface area contributed by atoms with Crippen molar-refractivity contribution in [3.05, 3.63) is 65.7 Å². The molecule has 0 saturated carbocycles. The fourth-order valence-electron chi connectivity index (χ4n) is 7.01. The van der Waals surface area contributed by atoms with Crippen LogP contribution in [-0.4, -0.2) is 105 Å². The minimum atomic E-state index is -1.10. The fourth-order valence-corrected chi connectivity index (χ4v) is 7.01. The molecule has 2 aromatic rings. The number of aromatic hydroxyl groups is 1. The van der Waals surface area contributed by atoms with Gasteiger partial charge in [0.25, 0.3) is 0 Å². The summed E-state index contributed by atoms with van der Waals surface area (Å²) in [7, 11) is 0. The van der Waals surface area contributed by atoms with Crippen LogP contribution in [0.4, 0.5) is 0 Å². The van der Waals surface area contributed by atoms with Gasteiger partial charge in [0, 0.05) is 19.5 Å². The molecular weight excluding hydrogens is 680 g/mol. The fraction of sp³-hybridized carbons (Fsp3) is 0.538. The minimum absolute atomic E-state index is 0.0306. The Morgan fingerprint density at radius 2 is 1.32 bits per heavy atom. The molecule has 2 saturated heterocycles. The third kappa shape index (κ3) is 11.0. The first-order valence-electron chi connectivity index (χ1n) is 18.5. The number of hydrogen-bond acceptors (Lipinski definition) is 8. The van der Waals surface area contributed by atoms with Gasteiger partial charge in [0.2, 0.25) is 29.5 Å². The van der Waals surface area contributed by atoms with Gasteiger partial charge in [-0.3, -0.25) is 24.0 Å². The van der Waals surface area contributed by atoms with E-state index in [9.17, 15) is 39.0 Å². The molecule has 2 aliphatic rings. The molecule has 14 nitrogen and oxygen atoms in total. The number of amides is 5. The average Bonchev–Trinajstić information content (AvgIpc) is 3.82. The smallest absolute Gasteiger partial charge is 0.326 e. The highest BCUT2D eigenvalue weighted by atomic mass is 16.4. The number of carboxylic acid groups (broad SMARTS) is 1. The zero-order valence-corrected chi connectivity index (χ0v) is 31.0. The SMILES string of the molecule is CC(C)C[C@H](NC(=O)[C@@H]1CCCN1C(=O)[C@@H](NC(=O)[C@@H](N)Cc1ccc(O)cc1)C(C)C)C(=O)N[C@@H](Cc1ccccc1)C(=O)N1CCC[C@@H]1C(=O)O. The van der Waals surface area contributed by atoms with Crippen LogP contribution in [-0.2, 0) is 41.6 Å². The Balaban J connectivity index is 1.47. The Bertz CT molecular complexity index is 1600. The van der Waals surface area contributed by atoms with Crippen molar-refractivity contribution in [1.82, 2.24) is 25.8 Å². The van der Waals surface area contributed by atoms with E-state index in [4.69, 9.17) is 5.73 Å². The molecule has 2 aromatic carbocycles. The van der Waals surface area contributed by atoms with E-state index in [2.05, 4.69) is 16.0 Å². The molecule has 0 radical (unpaired) electrons. The van der Waals surface area contributed by atoms with Gasteiger partial charge in [0.05, 0.1) is 6.04 Å². The van der Waals surface area contributed by atoms with Gasteiger partial charge in [-0.2, -0.15) is 0 Å². The molecule has 2 aliphatic heterocycles. The molecular formula is C39H54N6O8. The first kappa shape index (κ1) is 40.8. The number of carboxylic acids is 1. The second-order valence-corrected chi connectivity index (χ2v) is 14.9. The lowest BCUT2D eigenvalue weighted by atomic mass is 9.99. The van der Waals surface area contributed by atoms with Crippen molar-refractivity contribution in [2.45, 2.75) is 109 Å². The van der Waals surface area contributed by atoms with E-state index in [1.165, 1.54) is 21.9 Å². The number of nitrogens with zero attached hydrogens (tertiary/aromatic N) is 2. The van der Waals surface area contributed by atoms with Crippen LogP contribution in [0.3, 0.4) is 0 Å². The second kappa shape index (κ2) is 18.7. The van der Waals surface area contributed by atoms with Crippen LogP contribution < -0.4 is 21.7 Å². The van der Waals surface area contributed by atoms with Crippen molar-refractivity contribution in [2.24, 2.45) is 17.6 Å². The van der Waals surface area contributed by atoms with Gasteiger partial charge in [-0.15, -0.1) is 0 Å². The van der Waals surface area contributed by atoms with E-state index < -0.39 is 71.8 Å². The number of carbonyl (C=O) groups is 6. The largest absolute Gasteiger partial charge is 0.508 e. The summed E-state index contributed by atoms with van der Waals surface area (Å²) in [5, 5.41) is 27.8. The molecule has 7 N–H and O–H groups in total. The normalized spacial score (nSPS) is 19.4. The van der Waals surface area contributed by atoms with Crippen LogP contribution in [0.2, 0.25) is 0 Å². The van der Waals surface area contributed by atoms with Gasteiger partial charge in [0.1, 0.15) is 36.0 Å². The Hall–Kier alpha value is -4.98. The van der Waals surface area contributed by atoms with Crippen molar-refractivity contribution in [3.63, 3.8) is 0 Å². The van der Waals surface area contributed by atoms with Gasteiger partial charge in [-0.05, 0) is 73.6 Å². The highest BCUT2D eigenvalue weighted by Gasteiger charge is 2.41. The van der Waals surface area contributed by atoms with Gasteiger partial charge < -0.3 is 41.7 Å². The van der Waals surface area contributed by atoms with Gasteiger partial charge in [0.15, 0.2) is 0 Å². The van der Waals surface area contributed by atoms with E-state index >= 15 is 0 Å². The quantitative estimate of drug-likeness (QED) is 0.148. The third-order valence-corrected chi connectivity index (χ3v) is 9.86. The molecule has 5 amide bonds. The summed E-state index contributed by atoms with van der Waals surface area (Å²) in [6.07, 6.45) is 2.31. The molecule has 0 bridgehead atoms. The molecule has 288 valence electrons. The Labute approximate surface area is 310 Å². The number of rotatable bonds is 16. The van der Waals surface area contributed by atoms with Crippen molar-refractivity contribution in [2.75, 3.05) is 13.1 Å². The second-order valence-electron chi connectivity index (χ2n) is 14.9. The van der Waals surface area contributed by atoms with E-state index in [0.717, 1.165) is 11.1 Å². The molecule has 0 aromatic heterocycles. The lowest BCUT2D eigenvalue weighted by molar-refractivity contribution is -0.149. The summed E-state index contributed by atoms with van der Waals surface area (Å²) in [6.45, 7) is 7.91.